The number of benzene rings is 1. The Hall–Kier alpha value is -0.260. The molecule has 0 heterocycles. The van der Waals surface area contributed by atoms with Crippen LogP contribution >= 0.6 is 44.5 Å². The highest BCUT2D eigenvalue weighted by molar-refractivity contribution is 9.11. The quantitative estimate of drug-likeness (QED) is 0.804. The van der Waals surface area contributed by atoms with E-state index in [1.165, 1.54) is 0 Å². The highest BCUT2D eigenvalue weighted by Gasteiger charge is 2.09. The van der Waals surface area contributed by atoms with Gasteiger partial charge in [0.2, 0.25) is 0 Å². The van der Waals surface area contributed by atoms with Crippen LogP contribution in [0.5, 0.6) is 0 Å². The van der Waals surface area contributed by atoms with E-state index in [4.69, 9.17) is 0 Å². The lowest BCUT2D eigenvalue weighted by atomic mass is 10.2. The van der Waals surface area contributed by atoms with E-state index in [9.17, 15) is 4.79 Å². The first-order valence-electron chi connectivity index (χ1n) is 4.10. The van der Waals surface area contributed by atoms with Crippen LogP contribution in [-0.2, 0) is 0 Å². The summed E-state index contributed by atoms with van der Waals surface area (Å²) < 4.78 is 1.48. The highest BCUT2D eigenvalue weighted by Crippen LogP contribution is 2.20. The van der Waals surface area contributed by atoms with Gasteiger partial charge in [-0.15, -0.1) is 12.6 Å². The number of thiol groups is 1. The molecule has 0 atom stereocenters. The van der Waals surface area contributed by atoms with E-state index in [0.717, 1.165) is 13.9 Å². The Labute approximate surface area is 111 Å². The number of carbonyl (C=O) groups excluding carboxylic acids is 1. The van der Waals surface area contributed by atoms with Gasteiger partial charge < -0.3 is 5.32 Å². The fourth-order valence-corrected chi connectivity index (χ4v) is 1.73. The predicted molar refractivity (Wildman–Crippen MR) is 71.8 cm³/mol. The van der Waals surface area contributed by atoms with Crippen molar-refractivity contribution in [3.8, 4) is 0 Å². The number of halogens is 2. The Bertz CT molecular complexity index is 406. The zero-order valence-electron chi connectivity index (χ0n) is 7.76. The number of nitrogens with one attached hydrogen (secondary N) is 1. The Morgan fingerprint density at radius 3 is 2.80 bits per heavy atom. The molecule has 0 aromatic heterocycles. The lowest BCUT2D eigenvalue weighted by molar-refractivity contribution is 0.0957. The molecular formula is C10H9Br2NOS. The fraction of sp³-hybridized carbons (Fsp3) is 0.100. The van der Waals surface area contributed by atoms with Gasteiger partial charge in [-0.05, 0) is 34.1 Å². The van der Waals surface area contributed by atoms with Crippen molar-refractivity contribution in [1.29, 1.82) is 0 Å². The molecule has 0 spiro atoms. The number of amides is 1. The van der Waals surface area contributed by atoms with Gasteiger partial charge in [-0.1, -0.05) is 22.5 Å². The first-order chi connectivity index (χ1) is 7.00. The Morgan fingerprint density at radius 1 is 1.53 bits per heavy atom. The van der Waals surface area contributed by atoms with Crippen molar-refractivity contribution in [1.82, 2.24) is 5.32 Å². The van der Waals surface area contributed by atoms with Crippen LogP contribution in [0.25, 0.3) is 0 Å². The largest absolute Gasteiger partial charge is 0.347 e. The minimum atomic E-state index is -0.154. The van der Waals surface area contributed by atoms with Gasteiger partial charge in [0.1, 0.15) is 0 Å². The smallest absolute Gasteiger partial charge is 0.252 e. The van der Waals surface area contributed by atoms with Gasteiger partial charge in [0.05, 0.1) is 5.56 Å². The molecule has 0 saturated heterocycles. The monoisotopic (exact) mass is 349 g/mol. The van der Waals surface area contributed by atoms with Gasteiger partial charge in [-0.25, -0.2) is 0 Å². The predicted octanol–water partition coefficient (Wildman–Crippen LogP) is 3.38. The first kappa shape index (κ1) is 12.8. The van der Waals surface area contributed by atoms with Crippen LogP contribution in [0, 0.1) is 0 Å². The van der Waals surface area contributed by atoms with Crippen LogP contribution in [0.2, 0.25) is 0 Å². The van der Waals surface area contributed by atoms with Gasteiger partial charge in [0.25, 0.3) is 5.91 Å². The van der Waals surface area contributed by atoms with E-state index >= 15 is 0 Å². The van der Waals surface area contributed by atoms with Gasteiger partial charge >= 0.3 is 0 Å². The standard InChI is InChI=1S/C10H9Br2NOS/c1-6(11)5-13-10(14)8-4-7(15)2-3-9(8)12/h2-4,15H,1,5H2,(H,13,14). The highest BCUT2D eigenvalue weighted by atomic mass is 79.9. The second kappa shape index (κ2) is 5.72. The van der Waals surface area contributed by atoms with E-state index in [2.05, 4.69) is 56.4 Å². The van der Waals surface area contributed by atoms with E-state index < -0.39 is 0 Å². The molecule has 1 N–H and O–H groups in total. The summed E-state index contributed by atoms with van der Waals surface area (Å²) in [4.78, 5) is 12.4. The third-order valence-electron chi connectivity index (χ3n) is 1.64. The van der Waals surface area contributed by atoms with Crippen molar-refractivity contribution >= 4 is 50.4 Å². The summed E-state index contributed by atoms with van der Waals surface area (Å²) in [7, 11) is 0. The average Bonchev–Trinajstić information content (AvgIpc) is 2.18. The van der Waals surface area contributed by atoms with Crippen molar-refractivity contribution < 1.29 is 4.79 Å². The van der Waals surface area contributed by atoms with Crippen molar-refractivity contribution in [2.75, 3.05) is 6.54 Å². The third kappa shape index (κ3) is 4.01. The Morgan fingerprint density at radius 2 is 2.20 bits per heavy atom. The van der Waals surface area contributed by atoms with Crippen molar-refractivity contribution in [2.24, 2.45) is 0 Å². The molecule has 0 saturated carbocycles. The minimum Gasteiger partial charge on any atom is -0.347 e. The van der Waals surface area contributed by atoms with Gasteiger partial charge in [-0.3, -0.25) is 4.79 Å². The van der Waals surface area contributed by atoms with Crippen LogP contribution in [0.15, 0.2) is 38.6 Å². The molecule has 2 nitrogen and oxygen atoms in total. The summed E-state index contributed by atoms with van der Waals surface area (Å²) in [5, 5.41) is 2.72. The molecule has 5 heteroatoms. The van der Waals surface area contributed by atoms with Crippen molar-refractivity contribution in [2.45, 2.75) is 4.90 Å². The molecule has 1 aromatic rings. The van der Waals surface area contributed by atoms with Gasteiger partial charge in [0, 0.05) is 20.4 Å². The zero-order chi connectivity index (χ0) is 11.4. The van der Waals surface area contributed by atoms with Crippen molar-refractivity contribution in [3.63, 3.8) is 0 Å². The van der Waals surface area contributed by atoms with E-state index in [1.807, 2.05) is 6.07 Å². The van der Waals surface area contributed by atoms with E-state index in [0.29, 0.717) is 12.1 Å². The summed E-state index contributed by atoms with van der Waals surface area (Å²) in [6.45, 7) is 4.04. The summed E-state index contributed by atoms with van der Waals surface area (Å²) in [6.07, 6.45) is 0. The summed E-state index contributed by atoms with van der Waals surface area (Å²) >= 11 is 10.7. The lowest BCUT2D eigenvalue weighted by Crippen LogP contribution is -2.24. The van der Waals surface area contributed by atoms with E-state index in [-0.39, 0.29) is 5.91 Å². The molecule has 1 rings (SSSR count). The third-order valence-corrected chi connectivity index (χ3v) is 2.89. The molecule has 15 heavy (non-hydrogen) atoms. The van der Waals surface area contributed by atoms with E-state index in [1.54, 1.807) is 12.1 Å². The molecule has 0 aliphatic heterocycles. The molecule has 0 aliphatic rings. The van der Waals surface area contributed by atoms with Gasteiger partial charge in [0.15, 0.2) is 0 Å². The maximum atomic E-state index is 11.7. The average molecular weight is 351 g/mol. The molecule has 80 valence electrons. The van der Waals surface area contributed by atoms with Crippen LogP contribution in [-0.4, -0.2) is 12.5 Å². The molecule has 0 radical (unpaired) electrons. The SMILES string of the molecule is C=C(Br)CNC(=O)c1cc(S)ccc1Br. The second-order valence-corrected chi connectivity index (χ2v) is 5.36. The number of hydrogen-bond acceptors (Lipinski definition) is 2. The lowest BCUT2D eigenvalue weighted by Gasteiger charge is -2.06. The molecule has 1 amide bonds. The molecular weight excluding hydrogens is 342 g/mol. The maximum absolute atomic E-state index is 11.7. The Kier molecular flexibility index (Phi) is 4.89. The summed E-state index contributed by atoms with van der Waals surface area (Å²) in [5.74, 6) is -0.154. The molecule has 0 unspecified atom stereocenters. The Balaban J connectivity index is 2.81. The van der Waals surface area contributed by atoms with Crippen LogP contribution < -0.4 is 5.32 Å². The molecule has 0 fully saturated rings. The fourth-order valence-electron chi connectivity index (χ4n) is 0.959. The second-order valence-electron chi connectivity index (χ2n) is 2.86. The molecule has 0 bridgehead atoms. The summed E-state index contributed by atoms with van der Waals surface area (Å²) in [6, 6.07) is 5.31. The van der Waals surface area contributed by atoms with Crippen molar-refractivity contribution in [3.05, 3.63) is 39.3 Å². The topological polar surface area (TPSA) is 29.1 Å². The molecule has 1 aromatic carbocycles. The maximum Gasteiger partial charge on any atom is 0.252 e. The zero-order valence-corrected chi connectivity index (χ0v) is 11.8. The summed E-state index contributed by atoms with van der Waals surface area (Å²) in [5.41, 5.74) is 0.566. The van der Waals surface area contributed by atoms with Crippen LogP contribution in [0.4, 0.5) is 0 Å². The number of carbonyl (C=O) groups is 1. The minimum absolute atomic E-state index is 0.154. The normalized spacial score (nSPS) is 9.80. The number of hydrogen-bond donors (Lipinski definition) is 2. The molecule has 0 aliphatic carbocycles. The van der Waals surface area contributed by atoms with Crippen LogP contribution in [0.1, 0.15) is 10.4 Å². The van der Waals surface area contributed by atoms with Gasteiger partial charge in [-0.2, -0.15) is 0 Å². The first-order valence-corrected chi connectivity index (χ1v) is 6.14. The van der Waals surface area contributed by atoms with Crippen LogP contribution in [0.3, 0.4) is 0 Å². The number of rotatable bonds is 3.